The molecule has 7 nitrogen and oxygen atoms in total. The van der Waals surface area contributed by atoms with Crippen LogP contribution in [0.5, 0.6) is 0 Å². The van der Waals surface area contributed by atoms with Gasteiger partial charge in [0.25, 0.3) is 5.56 Å². The molecule has 0 radical (unpaired) electrons. The SMILES string of the molecule is Cn1c(NC(c2ccccc2)C2CCCO2)c(C#N)c(=O)n(C)c1=O. The van der Waals surface area contributed by atoms with Gasteiger partial charge >= 0.3 is 5.69 Å². The standard InChI is InChI=1S/C18H20N4O3/c1-21-16(13(11-19)17(23)22(2)18(21)24)20-15(14-9-6-10-25-14)12-7-4-3-5-8-12/h3-5,7-8,14-15,20H,6,9-10H2,1-2H3. The number of nitrogens with one attached hydrogen (secondary N) is 1. The zero-order valence-corrected chi connectivity index (χ0v) is 14.2. The molecule has 2 unspecified atom stereocenters. The third kappa shape index (κ3) is 3.08. The van der Waals surface area contributed by atoms with E-state index in [1.165, 1.54) is 11.6 Å². The largest absolute Gasteiger partial charge is 0.376 e. The van der Waals surface area contributed by atoms with E-state index in [0.29, 0.717) is 6.61 Å². The van der Waals surface area contributed by atoms with Gasteiger partial charge in [0.1, 0.15) is 11.9 Å². The number of hydrogen-bond acceptors (Lipinski definition) is 5. The van der Waals surface area contributed by atoms with Crippen molar-refractivity contribution in [3.05, 3.63) is 62.3 Å². The van der Waals surface area contributed by atoms with Crippen LogP contribution in [0.1, 0.15) is 30.0 Å². The van der Waals surface area contributed by atoms with Crippen LogP contribution in [-0.4, -0.2) is 21.8 Å². The van der Waals surface area contributed by atoms with E-state index in [0.717, 1.165) is 23.0 Å². The maximum absolute atomic E-state index is 12.3. The van der Waals surface area contributed by atoms with E-state index < -0.39 is 11.2 Å². The zero-order valence-electron chi connectivity index (χ0n) is 14.2. The summed E-state index contributed by atoms with van der Waals surface area (Å²) < 4.78 is 8.06. The van der Waals surface area contributed by atoms with Crippen molar-refractivity contribution >= 4 is 5.82 Å². The molecule has 1 aromatic carbocycles. The van der Waals surface area contributed by atoms with Gasteiger partial charge in [-0.2, -0.15) is 5.26 Å². The third-order valence-corrected chi connectivity index (χ3v) is 4.56. The highest BCUT2D eigenvalue weighted by molar-refractivity contribution is 5.53. The first-order valence-corrected chi connectivity index (χ1v) is 8.17. The molecule has 0 spiro atoms. The van der Waals surface area contributed by atoms with Gasteiger partial charge in [-0.25, -0.2) is 4.79 Å². The van der Waals surface area contributed by atoms with Crippen LogP contribution >= 0.6 is 0 Å². The van der Waals surface area contributed by atoms with E-state index >= 15 is 0 Å². The predicted molar refractivity (Wildman–Crippen MR) is 93.4 cm³/mol. The van der Waals surface area contributed by atoms with E-state index in [1.807, 2.05) is 36.4 Å². The molecule has 0 amide bonds. The van der Waals surface area contributed by atoms with Gasteiger partial charge in [-0.3, -0.25) is 13.9 Å². The average Bonchev–Trinajstić information content (AvgIpc) is 3.17. The summed E-state index contributed by atoms with van der Waals surface area (Å²) in [6, 6.07) is 11.4. The lowest BCUT2D eigenvalue weighted by Gasteiger charge is -2.27. The van der Waals surface area contributed by atoms with Gasteiger partial charge in [-0.05, 0) is 18.4 Å². The maximum atomic E-state index is 12.3. The maximum Gasteiger partial charge on any atom is 0.332 e. The molecular weight excluding hydrogens is 320 g/mol. The molecule has 3 rings (SSSR count). The van der Waals surface area contributed by atoms with Crippen LogP contribution in [0.3, 0.4) is 0 Å². The Morgan fingerprint density at radius 2 is 1.96 bits per heavy atom. The second-order valence-corrected chi connectivity index (χ2v) is 6.13. The number of ether oxygens (including phenoxy) is 1. The molecule has 1 aliphatic rings. The molecule has 2 heterocycles. The second-order valence-electron chi connectivity index (χ2n) is 6.13. The van der Waals surface area contributed by atoms with E-state index in [9.17, 15) is 14.9 Å². The van der Waals surface area contributed by atoms with E-state index in [1.54, 1.807) is 7.05 Å². The van der Waals surface area contributed by atoms with E-state index in [4.69, 9.17) is 4.74 Å². The Morgan fingerprint density at radius 3 is 2.56 bits per heavy atom. The van der Waals surface area contributed by atoms with Crippen molar-refractivity contribution in [2.45, 2.75) is 25.0 Å². The molecule has 1 saturated heterocycles. The molecule has 7 heteroatoms. The quantitative estimate of drug-likeness (QED) is 0.906. The molecule has 0 saturated carbocycles. The fraction of sp³-hybridized carbons (Fsp3) is 0.389. The summed E-state index contributed by atoms with van der Waals surface area (Å²) in [7, 11) is 2.91. The molecular formula is C18H20N4O3. The summed E-state index contributed by atoms with van der Waals surface area (Å²) in [6.45, 7) is 0.677. The number of benzene rings is 1. The van der Waals surface area contributed by atoms with Crippen molar-refractivity contribution in [2.24, 2.45) is 14.1 Å². The number of hydrogen-bond donors (Lipinski definition) is 1. The molecule has 130 valence electrons. The van der Waals surface area contributed by atoms with Crippen LogP contribution in [-0.2, 0) is 18.8 Å². The highest BCUT2D eigenvalue weighted by atomic mass is 16.5. The van der Waals surface area contributed by atoms with Crippen molar-refractivity contribution in [3.8, 4) is 6.07 Å². The number of nitriles is 1. The Bertz CT molecular complexity index is 918. The normalized spacial score (nSPS) is 17.9. The van der Waals surface area contributed by atoms with Crippen LogP contribution < -0.4 is 16.6 Å². The first kappa shape index (κ1) is 17.0. The third-order valence-electron chi connectivity index (χ3n) is 4.56. The minimum atomic E-state index is -0.604. The minimum Gasteiger partial charge on any atom is -0.376 e. The number of rotatable bonds is 4. The summed E-state index contributed by atoms with van der Waals surface area (Å²) in [6.07, 6.45) is 1.73. The number of aromatic nitrogens is 2. The Balaban J connectivity index is 2.11. The van der Waals surface area contributed by atoms with Crippen LogP contribution in [0.4, 0.5) is 5.82 Å². The van der Waals surface area contributed by atoms with E-state index in [2.05, 4.69) is 5.32 Å². The summed E-state index contributed by atoms with van der Waals surface area (Å²) >= 11 is 0. The first-order chi connectivity index (χ1) is 12.0. The molecule has 1 N–H and O–H groups in total. The molecule has 0 bridgehead atoms. The lowest BCUT2D eigenvalue weighted by molar-refractivity contribution is 0.0952. The summed E-state index contributed by atoms with van der Waals surface area (Å²) in [4.78, 5) is 24.6. The molecule has 1 fully saturated rings. The topological polar surface area (TPSA) is 89.1 Å². The Kier molecular flexibility index (Phi) is 4.72. The summed E-state index contributed by atoms with van der Waals surface area (Å²) in [5.74, 6) is 0.222. The van der Waals surface area contributed by atoms with Gasteiger partial charge < -0.3 is 10.1 Å². The number of anilines is 1. The highest BCUT2D eigenvalue weighted by Gasteiger charge is 2.29. The number of nitrogens with zero attached hydrogens (tertiary/aromatic N) is 3. The van der Waals surface area contributed by atoms with Crippen molar-refractivity contribution in [3.63, 3.8) is 0 Å². The molecule has 25 heavy (non-hydrogen) atoms. The van der Waals surface area contributed by atoms with Crippen molar-refractivity contribution in [2.75, 3.05) is 11.9 Å². The average molecular weight is 340 g/mol. The Hall–Kier alpha value is -2.85. The van der Waals surface area contributed by atoms with Gasteiger partial charge in [0, 0.05) is 20.7 Å². The summed E-state index contributed by atoms with van der Waals surface area (Å²) in [5, 5.41) is 12.7. The van der Waals surface area contributed by atoms with Gasteiger partial charge in [-0.1, -0.05) is 30.3 Å². The van der Waals surface area contributed by atoms with E-state index in [-0.39, 0.29) is 23.5 Å². The van der Waals surface area contributed by atoms with Crippen LogP contribution in [0.15, 0.2) is 39.9 Å². The van der Waals surface area contributed by atoms with Gasteiger partial charge in [0.05, 0.1) is 12.1 Å². The lowest BCUT2D eigenvalue weighted by Crippen LogP contribution is -2.41. The first-order valence-electron chi connectivity index (χ1n) is 8.17. The molecule has 0 aliphatic carbocycles. The van der Waals surface area contributed by atoms with Gasteiger partial charge in [0.2, 0.25) is 0 Å². The minimum absolute atomic E-state index is 0.0801. The fourth-order valence-electron chi connectivity index (χ4n) is 3.18. The lowest BCUT2D eigenvalue weighted by atomic mass is 9.99. The van der Waals surface area contributed by atoms with Crippen LogP contribution in [0.25, 0.3) is 0 Å². The Morgan fingerprint density at radius 1 is 1.24 bits per heavy atom. The second kappa shape index (κ2) is 6.95. The smallest absolute Gasteiger partial charge is 0.332 e. The molecule has 1 aromatic heterocycles. The van der Waals surface area contributed by atoms with Crippen LogP contribution in [0.2, 0.25) is 0 Å². The van der Waals surface area contributed by atoms with Crippen molar-refractivity contribution < 1.29 is 4.74 Å². The summed E-state index contributed by atoms with van der Waals surface area (Å²) in [5.41, 5.74) is -0.187. The van der Waals surface area contributed by atoms with Crippen molar-refractivity contribution in [1.82, 2.24) is 9.13 Å². The zero-order chi connectivity index (χ0) is 18.0. The van der Waals surface area contributed by atoms with Gasteiger partial charge in [-0.15, -0.1) is 0 Å². The van der Waals surface area contributed by atoms with Crippen molar-refractivity contribution in [1.29, 1.82) is 5.26 Å². The predicted octanol–water partition coefficient (Wildman–Crippen LogP) is 1.29. The molecule has 1 aliphatic heterocycles. The molecule has 2 atom stereocenters. The van der Waals surface area contributed by atoms with Crippen LogP contribution in [0, 0.1) is 11.3 Å². The highest BCUT2D eigenvalue weighted by Crippen LogP contribution is 2.30. The van der Waals surface area contributed by atoms with Gasteiger partial charge in [0.15, 0.2) is 5.56 Å². The monoisotopic (exact) mass is 340 g/mol. The molecule has 2 aromatic rings. The Labute approximate surface area is 145 Å². The fourth-order valence-corrected chi connectivity index (χ4v) is 3.18.